The number of aliphatic hydroxyl groups excluding tert-OH is 1. The molecular formula is C9H21NO3. The van der Waals surface area contributed by atoms with E-state index < -0.39 is 0 Å². The number of hydrogen-bond acceptors (Lipinski definition) is 3. The van der Waals surface area contributed by atoms with Gasteiger partial charge in [-0.2, -0.15) is 0 Å². The van der Waals surface area contributed by atoms with Crippen LogP contribution < -0.4 is 0 Å². The molecule has 2 N–H and O–H groups in total. The summed E-state index contributed by atoms with van der Waals surface area (Å²) in [7, 11) is 5.78. The SMILES string of the molecule is CCCC(=O)C(CO)[N+](C)(C)C.[OH-]. The largest absolute Gasteiger partial charge is 0.870 e. The van der Waals surface area contributed by atoms with Gasteiger partial charge in [0.15, 0.2) is 11.8 Å². The van der Waals surface area contributed by atoms with Gasteiger partial charge in [0, 0.05) is 6.42 Å². The molecule has 0 aromatic heterocycles. The van der Waals surface area contributed by atoms with Crippen LogP contribution in [0.5, 0.6) is 0 Å². The highest BCUT2D eigenvalue weighted by molar-refractivity contribution is 5.82. The molecule has 0 rings (SSSR count). The lowest BCUT2D eigenvalue weighted by molar-refractivity contribution is -0.886. The van der Waals surface area contributed by atoms with Crippen LogP contribution in [0.15, 0.2) is 0 Å². The topological polar surface area (TPSA) is 67.3 Å². The van der Waals surface area contributed by atoms with Crippen LogP contribution in [-0.4, -0.2) is 54.6 Å². The molecule has 80 valence electrons. The van der Waals surface area contributed by atoms with Gasteiger partial charge in [0.2, 0.25) is 0 Å². The van der Waals surface area contributed by atoms with Crippen LogP contribution in [0.1, 0.15) is 19.8 Å². The molecular weight excluding hydrogens is 170 g/mol. The van der Waals surface area contributed by atoms with Crippen molar-refractivity contribution in [3.63, 3.8) is 0 Å². The first-order chi connectivity index (χ1) is 5.43. The van der Waals surface area contributed by atoms with E-state index in [0.29, 0.717) is 10.9 Å². The maximum Gasteiger partial charge on any atom is 0.192 e. The summed E-state index contributed by atoms with van der Waals surface area (Å²) in [6, 6.07) is -0.259. The van der Waals surface area contributed by atoms with Gasteiger partial charge < -0.3 is 15.1 Å². The number of likely N-dealkylation sites (N-methyl/N-ethyl adjacent to an activating group) is 1. The first-order valence-electron chi connectivity index (χ1n) is 4.38. The van der Waals surface area contributed by atoms with Gasteiger partial charge in [-0.25, -0.2) is 0 Å². The van der Waals surface area contributed by atoms with E-state index in [9.17, 15) is 4.79 Å². The number of carbonyl (C=O) groups is 1. The third-order valence-corrected chi connectivity index (χ3v) is 1.98. The van der Waals surface area contributed by atoms with Gasteiger partial charge >= 0.3 is 0 Å². The molecule has 0 fully saturated rings. The van der Waals surface area contributed by atoms with Crippen molar-refractivity contribution in [3.05, 3.63) is 0 Å². The summed E-state index contributed by atoms with van der Waals surface area (Å²) in [6.07, 6.45) is 1.43. The molecule has 0 aliphatic rings. The fraction of sp³-hybridized carbons (Fsp3) is 0.889. The van der Waals surface area contributed by atoms with Gasteiger partial charge in [-0.1, -0.05) is 6.92 Å². The lowest BCUT2D eigenvalue weighted by Crippen LogP contribution is -2.51. The minimum atomic E-state index is -0.259. The number of nitrogens with zero attached hydrogens (tertiary/aromatic N) is 1. The van der Waals surface area contributed by atoms with Crippen molar-refractivity contribution in [1.29, 1.82) is 0 Å². The lowest BCUT2D eigenvalue weighted by atomic mass is 10.1. The molecule has 0 spiro atoms. The number of hydrogen-bond donors (Lipinski definition) is 1. The van der Waals surface area contributed by atoms with Crippen LogP contribution in [-0.2, 0) is 4.79 Å². The fourth-order valence-corrected chi connectivity index (χ4v) is 1.19. The second-order valence-electron chi connectivity index (χ2n) is 4.03. The Kier molecular flexibility index (Phi) is 7.03. The van der Waals surface area contributed by atoms with Crippen LogP contribution in [0.3, 0.4) is 0 Å². The molecule has 1 unspecified atom stereocenters. The number of rotatable bonds is 5. The van der Waals surface area contributed by atoms with Crippen molar-refractivity contribution in [2.45, 2.75) is 25.8 Å². The first-order valence-corrected chi connectivity index (χ1v) is 4.38. The van der Waals surface area contributed by atoms with E-state index in [1.807, 2.05) is 28.1 Å². The number of aliphatic hydroxyl groups is 1. The molecule has 1 atom stereocenters. The predicted molar refractivity (Wildman–Crippen MR) is 50.8 cm³/mol. The zero-order valence-electron chi connectivity index (χ0n) is 8.95. The maximum absolute atomic E-state index is 11.4. The van der Waals surface area contributed by atoms with Crippen molar-refractivity contribution in [2.24, 2.45) is 0 Å². The highest BCUT2D eigenvalue weighted by Gasteiger charge is 2.29. The Balaban J connectivity index is 0. The first kappa shape index (κ1) is 15.0. The second-order valence-corrected chi connectivity index (χ2v) is 4.03. The molecule has 0 aliphatic carbocycles. The standard InChI is InChI=1S/C9H20NO2.H2O/c1-5-6-9(12)8(7-11)10(2,3)4;/h8,11H,5-7H2,1-4H3;1H2/q+1;/p-1. The number of carbonyl (C=O) groups excluding carboxylic acids is 1. The van der Waals surface area contributed by atoms with Crippen LogP contribution >= 0.6 is 0 Å². The van der Waals surface area contributed by atoms with E-state index in [2.05, 4.69) is 0 Å². The van der Waals surface area contributed by atoms with E-state index in [1.54, 1.807) is 0 Å². The van der Waals surface area contributed by atoms with Crippen LogP contribution in [0.4, 0.5) is 0 Å². The van der Waals surface area contributed by atoms with Gasteiger partial charge in [0.05, 0.1) is 21.1 Å². The highest BCUT2D eigenvalue weighted by atomic mass is 16.3. The van der Waals surface area contributed by atoms with Gasteiger partial charge in [0.1, 0.15) is 6.61 Å². The Morgan fingerprint density at radius 3 is 2.08 bits per heavy atom. The van der Waals surface area contributed by atoms with Gasteiger partial charge in [0.25, 0.3) is 0 Å². The third kappa shape index (κ3) is 4.98. The van der Waals surface area contributed by atoms with Crippen molar-refractivity contribution in [3.8, 4) is 0 Å². The van der Waals surface area contributed by atoms with Crippen molar-refractivity contribution in [1.82, 2.24) is 0 Å². The maximum atomic E-state index is 11.4. The molecule has 4 heteroatoms. The molecule has 13 heavy (non-hydrogen) atoms. The Bertz CT molecular complexity index is 151. The monoisotopic (exact) mass is 191 g/mol. The predicted octanol–water partition coefficient (Wildman–Crippen LogP) is 0.246. The zero-order chi connectivity index (χ0) is 9.78. The summed E-state index contributed by atoms with van der Waals surface area (Å²) < 4.78 is 0.509. The third-order valence-electron chi connectivity index (χ3n) is 1.98. The molecule has 0 saturated heterocycles. The van der Waals surface area contributed by atoms with E-state index in [0.717, 1.165) is 6.42 Å². The Labute approximate surface area is 80.1 Å². The minimum absolute atomic E-state index is 0. The van der Waals surface area contributed by atoms with E-state index in [-0.39, 0.29) is 23.9 Å². The number of Topliss-reactive ketones (excluding diaryl/α,β-unsaturated/α-hetero) is 1. The van der Waals surface area contributed by atoms with Crippen LogP contribution in [0.25, 0.3) is 0 Å². The summed E-state index contributed by atoms with van der Waals surface area (Å²) >= 11 is 0. The van der Waals surface area contributed by atoms with Crippen LogP contribution in [0, 0.1) is 0 Å². The molecule has 0 saturated carbocycles. The van der Waals surface area contributed by atoms with Crippen molar-refractivity contribution < 1.29 is 19.9 Å². The smallest absolute Gasteiger partial charge is 0.192 e. The van der Waals surface area contributed by atoms with Crippen LogP contribution in [0.2, 0.25) is 0 Å². The molecule has 0 amide bonds. The van der Waals surface area contributed by atoms with E-state index >= 15 is 0 Å². The zero-order valence-corrected chi connectivity index (χ0v) is 8.95. The summed E-state index contributed by atoms with van der Waals surface area (Å²) in [5, 5.41) is 9.02. The lowest BCUT2D eigenvalue weighted by Gasteiger charge is -2.31. The van der Waals surface area contributed by atoms with E-state index in [4.69, 9.17) is 5.11 Å². The van der Waals surface area contributed by atoms with Gasteiger partial charge in [-0.3, -0.25) is 4.79 Å². The molecule has 0 aromatic rings. The van der Waals surface area contributed by atoms with Gasteiger partial charge in [-0.05, 0) is 6.42 Å². The molecule has 0 bridgehead atoms. The van der Waals surface area contributed by atoms with Crippen molar-refractivity contribution >= 4 is 5.78 Å². The Hall–Kier alpha value is -0.450. The van der Waals surface area contributed by atoms with E-state index in [1.165, 1.54) is 0 Å². The molecule has 0 aliphatic heterocycles. The van der Waals surface area contributed by atoms with Crippen molar-refractivity contribution in [2.75, 3.05) is 27.7 Å². The number of quaternary nitrogens is 1. The fourth-order valence-electron chi connectivity index (χ4n) is 1.19. The molecule has 0 aromatic carbocycles. The molecule has 4 nitrogen and oxygen atoms in total. The number of ketones is 1. The highest BCUT2D eigenvalue weighted by Crippen LogP contribution is 2.06. The average molecular weight is 191 g/mol. The van der Waals surface area contributed by atoms with Gasteiger partial charge in [-0.15, -0.1) is 0 Å². The second kappa shape index (κ2) is 6.07. The summed E-state index contributed by atoms with van der Waals surface area (Å²) in [6.45, 7) is 1.92. The average Bonchev–Trinajstić information content (AvgIpc) is 1.85. The summed E-state index contributed by atoms with van der Waals surface area (Å²) in [5.74, 6) is 0.160. The summed E-state index contributed by atoms with van der Waals surface area (Å²) in [5.41, 5.74) is 0. The normalized spacial score (nSPS) is 13.3. The minimum Gasteiger partial charge on any atom is -0.870 e. The molecule has 0 heterocycles. The molecule has 0 radical (unpaired) electrons. The summed E-state index contributed by atoms with van der Waals surface area (Å²) in [4.78, 5) is 11.4. The Morgan fingerprint density at radius 2 is 1.85 bits per heavy atom. The Morgan fingerprint density at radius 1 is 1.38 bits per heavy atom. The quantitative estimate of drug-likeness (QED) is 0.633.